The average Bonchev–Trinajstić information content (AvgIpc) is 3.26. The van der Waals surface area contributed by atoms with Crippen LogP contribution in [0.25, 0.3) is 34.5 Å². The van der Waals surface area contributed by atoms with Crippen LogP contribution in [0.5, 0.6) is 5.88 Å². The van der Waals surface area contributed by atoms with E-state index in [4.69, 9.17) is 9.72 Å². The number of hydrogen-bond donors (Lipinski definition) is 2. The molecule has 31 heavy (non-hydrogen) atoms. The summed E-state index contributed by atoms with van der Waals surface area (Å²) in [5.74, 6) is 0.536. The van der Waals surface area contributed by atoms with Gasteiger partial charge in [-0.05, 0) is 53.8 Å². The summed E-state index contributed by atoms with van der Waals surface area (Å²) in [4.78, 5) is 19.1. The lowest BCUT2D eigenvalue weighted by Crippen LogP contribution is -2.30. The summed E-state index contributed by atoms with van der Waals surface area (Å²) < 4.78 is 5.95. The van der Waals surface area contributed by atoms with Crippen LogP contribution in [0.1, 0.15) is 24.0 Å². The van der Waals surface area contributed by atoms with Gasteiger partial charge in [0.25, 0.3) is 0 Å². The third-order valence-electron chi connectivity index (χ3n) is 5.44. The molecule has 6 nitrogen and oxygen atoms in total. The number of benzene rings is 1. The lowest BCUT2D eigenvalue weighted by molar-refractivity contribution is 0.294. The number of aryl methyl sites for hydroxylation is 1. The fourth-order valence-electron chi connectivity index (χ4n) is 3.84. The number of nitrogens with zero attached hydrogens (tertiary/aromatic N) is 2. The van der Waals surface area contributed by atoms with Gasteiger partial charge in [0, 0.05) is 17.8 Å². The Bertz CT molecular complexity index is 1420. The van der Waals surface area contributed by atoms with Crippen molar-refractivity contribution < 1.29 is 4.74 Å². The third-order valence-corrected chi connectivity index (χ3v) is 5.44. The van der Waals surface area contributed by atoms with E-state index in [0.29, 0.717) is 12.5 Å². The SMILES string of the molecule is Cc1cc2c(nc1-c1ccc(COc3[nH]ncc3-c3cc[nH]c(=O)c3)cc1)=CCCC=2. The lowest BCUT2D eigenvalue weighted by atomic mass is 10.0. The van der Waals surface area contributed by atoms with Crippen LogP contribution in [0.2, 0.25) is 0 Å². The number of nitrogens with one attached hydrogen (secondary N) is 2. The van der Waals surface area contributed by atoms with Gasteiger partial charge >= 0.3 is 0 Å². The molecule has 0 bridgehead atoms. The van der Waals surface area contributed by atoms with E-state index < -0.39 is 0 Å². The molecule has 0 aliphatic heterocycles. The lowest BCUT2D eigenvalue weighted by Gasteiger charge is -2.10. The zero-order valence-electron chi connectivity index (χ0n) is 17.2. The van der Waals surface area contributed by atoms with Gasteiger partial charge < -0.3 is 9.72 Å². The van der Waals surface area contributed by atoms with Crippen molar-refractivity contribution in [3.05, 3.63) is 86.9 Å². The Morgan fingerprint density at radius 1 is 1.03 bits per heavy atom. The molecule has 0 saturated heterocycles. The second-order valence-corrected chi connectivity index (χ2v) is 7.65. The highest BCUT2D eigenvalue weighted by Gasteiger charge is 2.11. The molecule has 3 heterocycles. The minimum atomic E-state index is -0.165. The molecule has 1 aliphatic carbocycles. The fraction of sp³-hybridized carbons (Fsp3) is 0.160. The molecule has 0 unspecified atom stereocenters. The van der Waals surface area contributed by atoms with E-state index in [1.54, 1.807) is 12.4 Å². The van der Waals surface area contributed by atoms with E-state index in [9.17, 15) is 4.79 Å². The molecule has 0 amide bonds. The van der Waals surface area contributed by atoms with Crippen LogP contribution in [0, 0.1) is 6.92 Å². The van der Waals surface area contributed by atoms with E-state index in [-0.39, 0.29) is 5.56 Å². The molecular formula is C25H22N4O2. The summed E-state index contributed by atoms with van der Waals surface area (Å²) in [5, 5.41) is 9.23. The number of pyridine rings is 2. The van der Waals surface area contributed by atoms with Crippen molar-refractivity contribution in [1.29, 1.82) is 0 Å². The summed E-state index contributed by atoms with van der Waals surface area (Å²) >= 11 is 0. The standard InChI is InChI=1S/C25H22N4O2/c1-16-12-20-4-2-3-5-22(20)28-24(16)18-8-6-17(7-9-18)15-31-25-21(14-27-29-25)19-10-11-26-23(30)13-19/h4-14H,2-3,15H2,1H3,(H,26,30)(H,27,29). The Morgan fingerprint density at radius 3 is 2.71 bits per heavy atom. The smallest absolute Gasteiger partial charge is 0.248 e. The van der Waals surface area contributed by atoms with Crippen molar-refractivity contribution >= 4 is 12.2 Å². The van der Waals surface area contributed by atoms with Gasteiger partial charge in [0.2, 0.25) is 11.4 Å². The van der Waals surface area contributed by atoms with Gasteiger partial charge in [-0.3, -0.25) is 4.79 Å². The molecule has 6 heteroatoms. The van der Waals surface area contributed by atoms with E-state index in [1.807, 2.05) is 6.07 Å². The van der Waals surface area contributed by atoms with E-state index >= 15 is 0 Å². The normalized spacial score (nSPS) is 12.5. The first-order valence-electron chi connectivity index (χ1n) is 10.3. The van der Waals surface area contributed by atoms with Crippen molar-refractivity contribution in [3.8, 4) is 28.3 Å². The van der Waals surface area contributed by atoms with Gasteiger partial charge in [-0.2, -0.15) is 5.10 Å². The molecule has 3 aromatic heterocycles. The summed E-state index contributed by atoms with van der Waals surface area (Å²) in [6.07, 6.45) is 9.87. The highest BCUT2D eigenvalue weighted by atomic mass is 16.5. The summed E-state index contributed by atoms with van der Waals surface area (Å²) in [7, 11) is 0. The minimum absolute atomic E-state index is 0.165. The van der Waals surface area contributed by atoms with Crippen molar-refractivity contribution in [2.45, 2.75) is 26.4 Å². The minimum Gasteiger partial charge on any atom is -0.473 e. The summed E-state index contributed by atoms with van der Waals surface area (Å²) in [6, 6.07) is 13.8. The second kappa shape index (κ2) is 8.07. The molecule has 0 saturated carbocycles. The summed E-state index contributed by atoms with van der Waals surface area (Å²) in [5.41, 5.74) is 5.66. The summed E-state index contributed by atoms with van der Waals surface area (Å²) in [6.45, 7) is 2.49. The maximum absolute atomic E-state index is 11.6. The first kappa shape index (κ1) is 19.1. The molecule has 5 rings (SSSR count). The van der Waals surface area contributed by atoms with Crippen LogP contribution in [0.15, 0.2) is 59.7 Å². The monoisotopic (exact) mass is 410 g/mol. The number of fused-ring (bicyclic) bond motifs is 1. The Kier molecular flexibility index (Phi) is 4.96. The molecule has 4 aromatic rings. The third kappa shape index (κ3) is 3.92. The molecule has 154 valence electrons. The highest BCUT2D eigenvalue weighted by molar-refractivity contribution is 5.67. The van der Waals surface area contributed by atoms with Crippen LogP contribution in [-0.2, 0) is 6.61 Å². The average molecular weight is 410 g/mol. The first-order chi connectivity index (χ1) is 15.2. The molecule has 0 atom stereocenters. The van der Waals surface area contributed by atoms with E-state index in [0.717, 1.165) is 46.1 Å². The predicted molar refractivity (Wildman–Crippen MR) is 121 cm³/mol. The molecule has 0 fully saturated rings. The molecule has 1 aromatic carbocycles. The largest absolute Gasteiger partial charge is 0.473 e. The fourth-order valence-corrected chi connectivity index (χ4v) is 3.84. The quantitative estimate of drug-likeness (QED) is 0.530. The number of aromatic nitrogens is 4. The van der Waals surface area contributed by atoms with Crippen molar-refractivity contribution in [2.24, 2.45) is 0 Å². The van der Waals surface area contributed by atoms with Gasteiger partial charge in [-0.25, -0.2) is 10.1 Å². The molecule has 1 aliphatic rings. The Labute approximate surface area is 179 Å². The Balaban J connectivity index is 1.35. The van der Waals surface area contributed by atoms with E-state index in [1.165, 1.54) is 16.8 Å². The molecular weight excluding hydrogens is 388 g/mol. The maximum Gasteiger partial charge on any atom is 0.248 e. The zero-order valence-corrected chi connectivity index (χ0v) is 17.2. The van der Waals surface area contributed by atoms with Crippen molar-refractivity contribution in [2.75, 3.05) is 0 Å². The topological polar surface area (TPSA) is 83.7 Å². The first-order valence-corrected chi connectivity index (χ1v) is 10.3. The zero-order chi connectivity index (χ0) is 21.2. The van der Waals surface area contributed by atoms with Crippen LogP contribution in [0.4, 0.5) is 0 Å². The van der Waals surface area contributed by atoms with Crippen LogP contribution < -0.4 is 20.9 Å². The Hall–Kier alpha value is -3.93. The van der Waals surface area contributed by atoms with Crippen LogP contribution in [-0.4, -0.2) is 20.2 Å². The van der Waals surface area contributed by atoms with E-state index in [2.05, 4.69) is 64.6 Å². The van der Waals surface area contributed by atoms with Crippen LogP contribution in [0.3, 0.4) is 0 Å². The van der Waals surface area contributed by atoms with Crippen LogP contribution >= 0.6 is 0 Å². The number of rotatable bonds is 5. The molecule has 0 radical (unpaired) electrons. The number of H-pyrrole nitrogens is 2. The van der Waals surface area contributed by atoms with Crippen molar-refractivity contribution in [3.63, 3.8) is 0 Å². The maximum atomic E-state index is 11.6. The molecule has 0 spiro atoms. The predicted octanol–water partition coefficient (Wildman–Crippen LogP) is 3.07. The Morgan fingerprint density at radius 2 is 1.87 bits per heavy atom. The van der Waals surface area contributed by atoms with Gasteiger partial charge in [0.15, 0.2) is 0 Å². The van der Waals surface area contributed by atoms with Gasteiger partial charge in [-0.1, -0.05) is 36.4 Å². The van der Waals surface area contributed by atoms with Crippen molar-refractivity contribution in [1.82, 2.24) is 20.2 Å². The number of ether oxygens (including phenoxy) is 1. The number of aromatic amines is 2. The van der Waals surface area contributed by atoms with Gasteiger partial charge in [0.1, 0.15) is 6.61 Å². The van der Waals surface area contributed by atoms with Gasteiger partial charge in [0.05, 0.1) is 22.8 Å². The molecule has 2 N–H and O–H groups in total. The second-order valence-electron chi connectivity index (χ2n) is 7.65. The number of hydrogen-bond acceptors (Lipinski definition) is 4. The highest BCUT2D eigenvalue weighted by Crippen LogP contribution is 2.27. The van der Waals surface area contributed by atoms with Gasteiger partial charge in [-0.15, -0.1) is 0 Å².